The van der Waals surface area contributed by atoms with Gasteiger partial charge in [0.05, 0.1) is 12.7 Å². The number of alkyl halides is 3. The normalized spacial score (nSPS) is 11.4. The Labute approximate surface area is 108 Å². The fraction of sp³-hybridized carbons (Fsp3) is 0.143. The second-order valence-electron chi connectivity index (χ2n) is 3.91. The Morgan fingerprint density at radius 1 is 1.00 bits per heavy atom. The van der Waals surface area contributed by atoms with Crippen LogP contribution in [-0.2, 0) is 6.18 Å². The smallest absolute Gasteiger partial charge is 0.416 e. The van der Waals surface area contributed by atoms with E-state index < -0.39 is 11.7 Å². The maximum Gasteiger partial charge on any atom is 0.416 e. The van der Waals surface area contributed by atoms with Crippen LogP contribution in [-0.4, -0.2) is 7.11 Å². The van der Waals surface area contributed by atoms with Gasteiger partial charge in [0.25, 0.3) is 0 Å². The summed E-state index contributed by atoms with van der Waals surface area (Å²) in [7, 11) is 1.35. The third-order valence-corrected chi connectivity index (χ3v) is 2.70. The highest BCUT2D eigenvalue weighted by Gasteiger charge is 2.31. The van der Waals surface area contributed by atoms with Gasteiger partial charge < -0.3 is 9.84 Å². The summed E-state index contributed by atoms with van der Waals surface area (Å²) in [5.41, 5.74) is -0.486. The molecule has 2 nitrogen and oxygen atoms in total. The number of ether oxygens (including phenoxy) is 1. The molecule has 0 unspecified atom stereocenters. The fourth-order valence-electron chi connectivity index (χ4n) is 1.78. The van der Waals surface area contributed by atoms with Gasteiger partial charge in [-0.1, -0.05) is 24.3 Å². The quantitative estimate of drug-likeness (QED) is 0.834. The lowest BCUT2D eigenvalue weighted by atomic mass is 10.0. The van der Waals surface area contributed by atoms with Gasteiger partial charge in [-0.05, 0) is 23.8 Å². The molecule has 2 aromatic rings. The highest BCUT2D eigenvalue weighted by molar-refractivity contribution is 5.75. The second-order valence-corrected chi connectivity index (χ2v) is 3.91. The molecule has 0 amide bonds. The lowest BCUT2D eigenvalue weighted by Gasteiger charge is -2.17. The van der Waals surface area contributed by atoms with Crippen molar-refractivity contribution >= 4 is 0 Å². The van der Waals surface area contributed by atoms with Crippen molar-refractivity contribution in [3.63, 3.8) is 0 Å². The number of benzene rings is 2. The van der Waals surface area contributed by atoms with Crippen LogP contribution in [0.1, 0.15) is 5.56 Å². The molecule has 2 aromatic carbocycles. The van der Waals surface area contributed by atoms with Crippen molar-refractivity contribution in [1.82, 2.24) is 0 Å². The van der Waals surface area contributed by atoms with Gasteiger partial charge in [0.2, 0.25) is 0 Å². The van der Waals surface area contributed by atoms with Crippen molar-refractivity contribution in [3.05, 3.63) is 48.0 Å². The standard InChI is InChI=1S/C14H11F3O2/c1-19-13-7-6-9(14(15,16)17)8-11(13)10-4-2-3-5-12(10)18/h2-8,18H,1H3/p-1. The van der Waals surface area contributed by atoms with Crippen molar-refractivity contribution < 1.29 is 23.0 Å². The van der Waals surface area contributed by atoms with Crippen LogP contribution in [0, 0.1) is 0 Å². The van der Waals surface area contributed by atoms with E-state index in [0.717, 1.165) is 12.1 Å². The van der Waals surface area contributed by atoms with E-state index in [1.807, 2.05) is 0 Å². The van der Waals surface area contributed by atoms with E-state index in [4.69, 9.17) is 4.74 Å². The molecular formula is C14H10F3O2-. The fourth-order valence-corrected chi connectivity index (χ4v) is 1.78. The zero-order chi connectivity index (χ0) is 14.0. The monoisotopic (exact) mass is 267 g/mol. The minimum Gasteiger partial charge on any atom is -0.872 e. The number of rotatable bonds is 2. The van der Waals surface area contributed by atoms with Crippen molar-refractivity contribution in [1.29, 1.82) is 0 Å². The van der Waals surface area contributed by atoms with E-state index >= 15 is 0 Å². The Morgan fingerprint density at radius 2 is 1.68 bits per heavy atom. The van der Waals surface area contributed by atoms with E-state index in [0.29, 0.717) is 0 Å². The van der Waals surface area contributed by atoms with Crippen molar-refractivity contribution in [2.75, 3.05) is 7.11 Å². The summed E-state index contributed by atoms with van der Waals surface area (Å²) in [5.74, 6) is -0.114. The molecule has 0 radical (unpaired) electrons. The van der Waals surface area contributed by atoms with Crippen LogP contribution in [0.3, 0.4) is 0 Å². The van der Waals surface area contributed by atoms with Crippen molar-refractivity contribution in [3.8, 4) is 22.6 Å². The molecule has 100 valence electrons. The Balaban J connectivity index is 2.64. The van der Waals surface area contributed by atoms with E-state index in [9.17, 15) is 18.3 Å². The predicted octanol–water partition coefficient (Wildman–Crippen LogP) is 3.45. The Morgan fingerprint density at radius 3 is 2.26 bits per heavy atom. The number of para-hydroxylation sites is 1. The summed E-state index contributed by atoms with van der Waals surface area (Å²) < 4.78 is 43.1. The summed E-state index contributed by atoms with van der Waals surface area (Å²) >= 11 is 0. The van der Waals surface area contributed by atoms with Gasteiger partial charge in [-0.3, -0.25) is 0 Å². The van der Waals surface area contributed by atoms with Gasteiger partial charge in [-0.25, -0.2) is 0 Å². The molecule has 0 fully saturated rings. The van der Waals surface area contributed by atoms with Gasteiger partial charge in [-0.2, -0.15) is 13.2 Å². The number of methoxy groups -OCH3 is 1. The average Bonchev–Trinajstić information content (AvgIpc) is 2.37. The molecule has 0 saturated carbocycles. The zero-order valence-electron chi connectivity index (χ0n) is 9.99. The van der Waals surface area contributed by atoms with Crippen LogP contribution in [0.4, 0.5) is 13.2 Å². The first-order valence-electron chi connectivity index (χ1n) is 5.45. The van der Waals surface area contributed by atoms with E-state index in [1.165, 1.54) is 31.4 Å². The molecule has 0 N–H and O–H groups in total. The summed E-state index contributed by atoms with van der Waals surface area (Å²) in [6.07, 6.45) is -4.46. The zero-order valence-corrected chi connectivity index (χ0v) is 9.99. The van der Waals surface area contributed by atoms with E-state index in [2.05, 4.69) is 0 Å². The summed E-state index contributed by atoms with van der Waals surface area (Å²) in [6.45, 7) is 0. The molecule has 2 rings (SSSR count). The van der Waals surface area contributed by atoms with Crippen LogP contribution < -0.4 is 9.84 Å². The number of hydrogen-bond donors (Lipinski definition) is 0. The van der Waals surface area contributed by atoms with Crippen LogP contribution in [0.25, 0.3) is 11.1 Å². The third-order valence-electron chi connectivity index (χ3n) is 2.70. The first-order valence-corrected chi connectivity index (χ1v) is 5.45. The molecule has 0 atom stereocenters. The lowest BCUT2D eigenvalue weighted by molar-refractivity contribution is -0.267. The second kappa shape index (κ2) is 4.84. The van der Waals surface area contributed by atoms with E-state index in [1.54, 1.807) is 6.07 Å². The molecule has 0 aliphatic carbocycles. The molecule has 0 aliphatic heterocycles. The Bertz CT molecular complexity index is 591. The molecule has 0 bridgehead atoms. The predicted molar refractivity (Wildman–Crippen MR) is 62.9 cm³/mol. The first-order chi connectivity index (χ1) is 8.93. The minimum absolute atomic E-state index is 0.142. The summed E-state index contributed by atoms with van der Waals surface area (Å²) in [6, 6.07) is 8.97. The maximum absolute atomic E-state index is 12.7. The highest BCUT2D eigenvalue weighted by Crippen LogP contribution is 2.39. The highest BCUT2D eigenvalue weighted by atomic mass is 19.4. The van der Waals surface area contributed by atoms with E-state index in [-0.39, 0.29) is 22.6 Å². The topological polar surface area (TPSA) is 32.3 Å². The third kappa shape index (κ3) is 2.65. The van der Waals surface area contributed by atoms with Crippen LogP contribution in [0.2, 0.25) is 0 Å². The van der Waals surface area contributed by atoms with Crippen molar-refractivity contribution in [2.24, 2.45) is 0 Å². The van der Waals surface area contributed by atoms with Gasteiger partial charge in [-0.15, -0.1) is 5.75 Å². The van der Waals surface area contributed by atoms with Gasteiger partial charge in [0.1, 0.15) is 5.75 Å². The molecule has 19 heavy (non-hydrogen) atoms. The Kier molecular flexibility index (Phi) is 3.38. The van der Waals surface area contributed by atoms with Gasteiger partial charge in [0.15, 0.2) is 0 Å². The van der Waals surface area contributed by atoms with Gasteiger partial charge >= 0.3 is 6.18 Å². The summed E-state index contributed by atoms with van der Waals surface area (Å²) in [4.78, 5) is 0. The SMILES string of the molecule is COc1ccc(C(F)(F)F)cc1-c1ccccc1[O-]. The lowest BCUT2D eigenvalue weighted by Crippen LogP contribution is -2.05. The molecule has 0 saturated heterocycles. The van der Waals surface area contributed by atoms with Crippen LogP contribution in [0.5, 0.6) is 11.5 Å². The summed E-state index contributed by atoms with van der Waals surface area (Å²) in [5, 5.41) is 11.7. The first kappa shape index (κ1) is 13.3. The molecule has 0 spiro atoms. The average molecular weight is 267 g/mol. The maximum atomic E-state index is 12.7. The van der Waals surface area contributed by atoms with Gasteiger partial charge in [0, 0.05) is 5.56 Å². The molecule has 5 heteroatoms. The van der Waals surface area contributed by atoms with Crippen LogP contribution in [0.15, 0.2) is 42.5 Å². The number of hydrogen-bond acceptors (Lipinski definition) is 2. The molecule has 0 heterocycles. The molecular weight excluding hydrogens is 257 g/mol. The molecule has 0 aliphatic rings. The largest absolute Gasteiger partial charge is 0.872 e. The van der Waals surface area contributed by atoms with Crippen molar-refractivity contribution in [2.45, 2.75) is 6.18 Å². The Hall–Kier alpha value is -2.17. The van der Waals surface area contributed by atoms with Crippen LogP contribution >= 0.6 is 0 Å². The number of halogens is 3. The molecule has 0 aromatic heterocycles. The minimum atomic E-state index is -4.46.